The molecule has 2 heterocycles. The lowest BCUT2D eigenvalue weighted by Crippen LogP contribution is -2.28. The first kappa shape index (κ1) is 13.2. The Morgan fingerprint density at radius 1 is 1.19 bits per heavy atom. The number of aryl methyl sites for hydroxylation is 2. The van der Waals surface area contributed by atoms with E-state index in [0.29, 0.717) is 22.9 Å². The number of hydrogen-bond donors (Lipinski definition) is 2. The minimum atomic E-state index is -0.382. The number of aromatic nitrogens is 2. The minimum absolute atomic E-state index is 0.263. The van der Waals surface area contributed by atoms with Crippen LogP contribution in [0.3, 0.4) is 0 Å². The second kappa shape index (κ2) is 5.28. The average Bonchev–Trinajstić information content (AvgIpc) is 3.03. The summed E-state index contributed by atoms with van der Waals surface area (Å²) in [6, 6.07) is 7.03. The molecule has 2 amide bonds. The van der Waals surface area contributed by atoms with Crippen LogP contribution in [0.2, 0.25) is 0 Å². The van der Waals surface area contributed by atoms with Crippen LogP contribution in [0.4, 0.5) is 10.6 Å². The van der Waals surface area contributed by atoms with Crippen LogP contribution in [-0.2, 0) is 6.54 Å². The second-order valence-electron chi connectivity index (χ2n) is 4.76. The maximum atomic E-state index is 11.8. The second-order valence-corrected chi connectivity index (χ2v) is 4.76. The lowest BCUT2D eigenvalue weighted by molar-refractivity contribution is 0.251. The number of nitrogens with zero attached hydrogens (tertiary/aromatic N) is 2. The highest BCUT2D eigenvalue weighted by molar-refractivity contribution is 5.88. The van der Waals surface area contributed by atoms with Gasteiger partial charge in [-0.3, -0.25) is 5.32 Å². The van der Waals surface area contributed by atoms with Crippen molar-refractivity contribution in [3.8, 4) is 0 Å². The number of benzene rings is 1. The highest BCUT2D eigenvalue weighted by Gasteiger charge is 2.10. The van der Waals surface area contributed by atoms with Crippen LogP contribution >= 0.6 is 0 Å². The third-order valence-corrected chi connectivity index (χ3v) is 2.99. The fourth-order valence-electron chi connectivity index (χ4n) is 1.98. The topological polar surface area (TPSA) is 93.2 Å². The van der Waals surface area contributed by atoms with Gasteiger partial charge in [0.2, 0.25) is 0 Å². The van der Waals surface area contributed by atoms with Crippen LogP contribution in [-0.4, -0.2) is 16.3 Å². The van der Waals surface area contributed by atoms with Gasteiger partial charge in [-0.05, 0) is 26.0 Å². The van der Waals surface area contributed by atoms with Crippen molar-refractivity contribution >= 4 is 22.8 Å². The maximum Gasteiger partial charge on any atom is 0.320 e. The normalized spacial score (nSPS) is 10.8. The number of rotatable bonds is 3. The Bertz CT molecular complexity index is 790. The zero-order valence-corrected chi connectivity index (χ0v) is 11.6. The van der Waals surface area contributed by atoms with Crippen molar-refractivity contribution in [1.82, 2.24) is 15.6 Å². The van der Waals surface area contributed by atoms with E-state index in [1.54, 1.807) is 13.0 Å². The fraction of sp³-hybridized carbons (Fsp3) is 0.214. The number of carbonyl (C=O) groups excluding carboxylic acids is 1. The van der Waals surface area contributed by atoms with Crippen molar-refractivity contribution in [2.24, 2.45) is 0 Å². The van der Waals surface area contributed by atoms with E-state index in [1.165, 1.54) is 0 Å². The Labute approximate surface area is 120 Å². The number of anilines is 1. The Morgan fingerprint density at radius 3 is 2.81 bits per heavy atom. The quantitative estimate of drug-likeness (QED) is 0.772. The van der Waals surface area contributed by atoms with Gasteiger partial charge in [0.1, 0.15) is 11.5 Å². The minimum Gasteiger partial charge on any atom is -0.360 e. The van der Waals surface area contributed by atoms with E-state index < -0.39 is 0 Å². The van der Waals surface area contributed by atoms with Gasteiger partial charge in [-0.25, -0.2) is 4.79 Å². The predicted octanol–water partition coefficient (Wildman–Crippen LogP) is 2.75. The number of hydrogen-bond acceptors (Lipinski definition) is 5. The molecule has 1 aromatic carbocycles. The lowest BCUT2D eigenvalue weighted by Gasteiger charge is -2.03. The molecule has 7 nitrogen and oxygen atoms in total. The van der Waals surface area contributed by atoms with Crippen molar-refractivity contribution in [1.29, 1.82) is 0 Å². The van der Waals surface area contributed by atoms with Gasteiger partial charge in [0, 0.05) is 11.5 Å². The molecule has 0 bridgehead atoms. The lowest BCUT2D eigenvalue weighted by atomic mass is 10.1. The number of nitrogens with one attached hydrogen (secondary N) is 2. The standard InChI is InChI=1S/C14H14N4O3/c1-8-3-4-12-10(5-8)11(17-21-12)7-15-14(19)16-13-6-9(2)20-18-13/h3-6H,7H2,1-2H3,(H2,15,16,18,19). The van der Waals surface area contributed by atoms with Crippen LogP contribution in [0, 0.1) is 13.8 Å². The Balaban J connectivity index is 1.66. The first-order chi connectivity index (χ1) is 10.1. The molecule has 7 heteroatoms. The molecule has 0 radical (unpaired) electrons. The molecule has 0 atom stereocenters. The van der Waals surface area contributed by atoms with Gasteiger partial charge < -0.3 is 14.4 Å². The highest BCUT2D eigenvalue weighted by Crippen LogP contribution is 2.19. The van der Waals surface area contributed by atoms with Gasteiger partial charge in [0.25, 0.3) is 0 Å². The van der Waals surface area contributed by atoms with Crippen LogP contribution in [0.5, 0.6) is 0 Å². The van der Waals surface area contributed by atoms with Crippen LogP contribution in [0.25, 0.3) is 11.0 Å². The first-order valence-corrected chi connectivity index (χ1v) is 6.45. The zero-order chi connectivity index (χ0) is 14.8. The smallest absolute Gasteiger partial charge is 0.320 e. The van der Waals surface area contributed by atoms with Gasteiger partial charge in [-0.2, -0.15) is 0 Å². The molecule has 0 aliphatic heterocycles. The first-order valence-electron chi connectivity index (χ1n) is 6.45. The molecule has 2 N–H and O–H groups in total. The van der Waals surface area contributed by atoms with E-state index in [4.69, 9.17) is 9.05 Å². The monoisotopic (exact) mass is 286 g/mol. The third-order valence-electron chi connectivity index (χ3n) is 2.99. The van der Waals surface area contributed by atoms with Crippen molar-refractivity contribution in [2.75, 3.05) is 5.32 Å². The van der Waals surface area contributed by atoms with Crippen LogP contribution in [0.1, 0.15) is 17.0 Å². The third kappa shape index (κ3) is 2.86. The summed E-state index contributed by atoms with van der Waals surface area (Å²) in [7, 11) is 0. The molecule has 0 aliphatic rings. The van der Waals surface area contributed by atoms with E-state index in [2.05, 4.69) is 20.9 Å². The molecule has 3 aromatic rings. The predicted molar refractivity (Wildman–Crippen MR) is 75.8 cm³/mol. The summed E-state index contributed by atoms with van der Waals surface area (Å²) in [6.07, 6.45) is 0. The van der Waals surface area contributed by atoms with Crippen LogP contribution < -0.4 is 10.6 Å². The molecule has 21 heavy (non-hydrogen) atoms. The Kier molecular flexibility index (Phi) is 3.31. The van der Waals surface area contributed by atoms with Crippen molar-refractivity contribution < 1.29 is 13.8 Å². The molecule has 2 aromatic heterocycles. The van der Waals surface area contributed by atoms with E-state index in [0.717, 1.165) is 10.9 Å². The highest BCUT2D eigenvalue weighted by atomic mass is 16.5. The number of amides is 2. The largest absolute Gasteiger partial charge is 0.360 e. The van der Waals surface area contributed by atoms with E-state index in [9.17, 15) is 4.79 Å². The molecule has 108 valence electrons. The molecule has 0 unspecified atom stereocenters. The van der Waals surface area contributed by atoms with Gasteiger partial charge in [-0.1, -0.05) is 21.9 Å². The van der Waals surface area contributed by atoms with Gasteiger partial charge in [0.15, 0.2) is 11.4 Å². The van der Waals surface area contributed by atoms with E-state index in [-0.39, 0.29) is 12.6 Å². The summed E-state index contributed by atoms with van der Waals surface area (Å²) in [6.45, 7) is 4.00. The molecule has 3 rings (SSSR count). The van der Waals surface area contributed by atoms with E-state index >= 15 is 0 Å². The fourth-order valence-corrected chi connectivity index (χ4v) is 1.98. The van der Waals surface area contributed by atoms with E-state index in [1.807, 2.05) is 25.1 Å². The molecule has 0 spiro atoms. The van der Waals surface area contributed by atoms with Gasteiger partial charge in [-0.15, -0.1) is 0 Å². The summed E-state index contributed by atoms with van der Waals surface area (Å²) in [4.78, 5) is 11.8. The summed E-state index contributed by atoms with van der Waals surface area (Å²) >= 11 is 0. The summed E-state index contributed by atoms with van der Waals surface area (Å²) in [5.41, 5.74) is 2.49. The molecule has 0 fully saturated rings. The van der Waals surface area contributed by atoms with Crippen molar-refractivity contribution in [3.05, 3.63) is 41.3 Å². The molecular formula is C14H14N4O3. The summed E-state index contributed by atoms with van der Waals surface area (Å²) < 4.78 is 10.1. The van der Waals surface area contributed by atoms with Gasteiger partial charge >= 0.3 is 6.03 Å². The summed E-state index contributed by atoms with van der Waals surface area (Å²) in [5, 5.41) is 13.8. The van der Waals surface area contributed by atoms with Crippen molar-refractivity contribution in [3.63, 3.8) is 0 Å². The maximum absolute atomic E-state index is 11.8. The number of fused-ring (bicyclic) bond motifs is 1. The number of urea groups is 1. The molecule has 0 saturated heterocycles. The van der Waals surface area contributed by atoms with Crippen molar-refractivity contribution in [2.45, 2.75) is 20.4 Å². The summed E-state index contributed by atoms with van der Waals surface area (Å²) in [5.74, 6) is 0.995. The van der Waals surface area contributed by atoms with Crippen LogP contribution in [0.15, 0.2) is 33.3 Å². The SMILES string of the molecule is Cc1ccc2onc(CNC(=O)Nc3cc(C)on3)c2c1. The molecule has 0 aliphatic carbocycles. The Hall–Kier alpha value is -2.83. The molecule has 0 saturated carbocycles. The Morgan fingerprint density at radius 2 is 2.05 bits per heavy atom. The van der Waals surface area contributed by atoms with Gasteiger partial charge in [0.05, 0.1) is 6.54 Å². The number of carbonyl (C=O) groups is 1. The average molecular weight is 286 g/mol. The molecular weight excluding hydrogens is 272 g/mol. The zero-order valence-electron chi connectivity index (χ0n) is 11.6.